The fourth-order valence-corrected chi connectivity index (χ4v) is 3.36. The molecule has 0 amide bonds. The molecule has 0 saturated carbocycles. The molecule has 3 heterocycles. The number of hydrogen-bond donors (Lipinski definition) is 1. The average molecular weight is 292 g/mol. The first-order chi connectivity index (χ1) is 9.83. The van der Waals surface area contributed by atoms with Gasteiger partial charge in [-0.1, -0.05) is 18.2 Å². The van der Waals surface area contributed by atoms with Gasteiger partial charge in [0.1, 0.15) is 11.6 Å². The van der Waals surface area contributed by atoms with Crippen molar-refractivity contribution in [2.24, 2.45) is 0 Å². The molecule has 2 aromatic heterocycles. The first kappa shape index (κ1) is 13.5. The van der Waals surface area contributed by atoms with Gasteiger partial charge in [-0.05, 0) is 25.3 Å². The molecular weight excluding hydrogens is 272 g/mol. The zero-order valence-electron chi connectivity index (χ0n) is 11.5. The Hall–Kier alpha value is -1.50. The van der Waals surface area contributed by atoms with E-state index in [1.165, 1.54) is 19.3 Å². The minimum absolute atomic E-state index is 0.584. The molecule has 3 rings (SSSR count). The van der Waals surface area contributed by atoms with Crippen LogP contribution >= 0.6 is 11.8 Å². The Kier molecular flexibility index (Phi) is 4.25. The predicted molar refractivity (Wildman–Crippen MR) is 79.6 cm³/mol. The van der Waals surface area contributed by atoms with Crippen molar-refractivity contribution in [3.63, 3.8) is 0 Å². The van der Waals surface area contributed by atoms with Crippen molar-refractivity contribution in [2.75, 3.05) is 11.5 Å². The van der Waals surface area contributed by atoms with E-state index in [4.69, 9.17) is 5.73 Å². The third-order valence-electron chi connectivity index (χ3n) is 3.50. The van der Waals surface area contributed by atoms with Crippen LogP contribution in [0.4, 0.5) is 5.82 Å². The summed E-state index contributed by atoms with van der Waals surface area (Å²) in [6, 6.07) is 1.82. The molecule has 0 fully saturated rings. The summed E-state index contributed by atoms with van der Waals surface area (Å²) in [7, 11) is 0. The highest BCUT2D eigenvalue weighted by atomic mass is 32.2. The van der Waals surface area contributed by atoms with Crippen molar-refractivity contribution in [1.29, 1.82) is 0 Å². The van der Waals surface area contributed by atoms with E-state index in [9.17, 15) is 0 Å². The Bertz CT molecular complexity index is 561. The van der Waals surface area contributed by atoms with Crippen LogP contribution in [0.3, 0.4) is 0 Å². The van der Waals surface area contributed by atoms with Crippen LogP contribution in [-0.4, -0.2) is 30.3 Å². The molecule has 2 N–H and O–H groups in total. The summed E-state index contributed by atoms with van der Waals surface area (Å²) in [5.41, 5.74) is 5.59. The summed E-state index contributed by atoms with van der Waals surface area (Å²) in [5, 5.41) is 13.9. The van der Waals surface area contributed by atoms with Crippen LogP contribution < -0.4 is 5.73 Å². The first-order valence-corrected chi connectivity index (χ1v) is 8.15. The number of anilines is 1. The van der Waals surface area contributed by atoms with Gasteiger partial charge in [0, 0.05) is 31.5 Å². The second-order valence-electron chi connectivity index (χ2n) is 5.07. The van der Waals surface area contributed by atoms with Gasteiger partial charge in [0.2, 0.25) is 0 Å². The molecular formula is C13H20N6S. The van der Waals surface area contributed by atoms with Crippen molar-refractivity contribution in [3.05, 3.63) is 18.1 Å². The van der Waals surface area contributed by atoms with Crippen molar-refractivity contribution in [3.8, 4) is 0 Å². The Morgan fingerprint density at radius 3 is 3.05 bits per heavy atom. The van der Waals surface area contributed by atoms with Gasteiger partial charge in [0.25, 0.3) is 0 Å². The topological polar surface area (TPSA) is 74.6 Å². The maximum atomic E-state index is 5.59. The highest BCUT2D eigenvalue weighted by Crippen LogP contribution is 2.22. The van der Waals surface area contributed by atoms with E-state index in [-0.39, 0.29) is 0 Å². The van der Waals surface area contributed by atoms with E-state index in [1.807, 2.05) is 16.9 Å². The van der Waals surface area contributed by atoms with Gasteiger partial charge >= 0.3 is 0 Å². The van der Waals surface area contributed by atoms with E-state index >= 15 is 0 Å². The SMILES string of the molecule is Nc1ccn(CCCSc2nnc3n2CCCCC3)n1. The largest absolute Gasteiger partial charge is 0.382 e. The minimum atomic E-state index is 0.584. The van der Waals surface area contributed by atoms with E-state index in [1.54, 1.807) is 11.8 Å². The molecule has 0 unspecified atom stereocenters. The second kappa shape index (κ2) is 6.30. The lowest BCUT2D eigenvalue weighted by molar-refractivity contribution is 0.588. The van der Waals surface area contributed by atoms with Crippen LogP contribution in [0.2, 0.25) is 0 Å². The molecule has 20 heavy (non-hydrogen) atoms. The van der Waals surface area contributed by atoms with Crippen molar-refractivity contribution < 1.29 is 0 Å². The fraction of sp³-hybridized carbons (Fsp3) is 0.615. The highest BCUT2D eigenvalue weighted by Gasteiger charge is 2.14. The van der Waals surface area contributed by atoms with Gasteiger partial charge in [-0.3, -0.25) is 4.68 Å². The average Bonchev–Trinajstić information content (AvgIpc) is 2.94. The molecule has 0 bridgehead atoms. The van der Waals surface area contributed by atoms with Gasteiger partial charge in [-0.2, -0.15) is 5.10 Å². The number of aromatic nitrogens is 5. The summed E-state index contributed by atoms with van der Waals surface area (Å²) in [6.07, 6.45) is 7.82. The molecule has 7 heteroatoms. The van der Waals surface area contributed by atoms with Crippen LogP contribution in [-0.2, 0) is 19.5 Å². The number of nitrogens with zero attached hydrogens (tertiary/aromatic N) is 5. The number of thioether (sulfide) groups is 1. The zero-order chi connectivity index (χ0) is 13.8. The summed E-state index contributed by atoms with van der Waals surface area (Å²) in [4.78, 5) is 0. The van der Waals surface area contributed by atoms with Gasteiger partial charge in [-0.25, -0.2) is 0 Å². The Morgan fingerprint density at radius 2 is 2.20 bits per heavy atom. The van der Waals surface area contributed by atoms with Crippen LogP contribution in [0.15, 0.2) is 17.4 Å². The maximum Gasteiger partial charge on any atom is 0.191 e. The fourth-order valence-electron chi connectivity index (χ4n) is 2.46. The number of nitrogens with two attached hydrogens (primary N) is 1. The summed E-state index contributed by atoms with van der Waals surface area (Å²) in [6.45, 7) is 1.96. The molecule has 0 atom stereocenters. The van der Waals surface area contributed by atoms with Crippen molar-refractivity contribution >= 4 is 17.6 Å². The number of rotatable bonds is 5. The lowest BCUT2D eigenvalue weighted by Crippen LogP contribution is -2.04. The van der Waals surface area contributed by atoms with E-state index in [0.717, 1.165) is 42.7 Å². The highest BCUT2D eigenvalue weighted by molar-refractivity contribution is 7.99. The molecule has 108 valence electrons. The zero-order valence-corrected chi connectivity index (χ0v) is 12.3. The lowest BCUT2D eigenvalue weighted by Gasteiger charge is -2.06. The van der Waals surface area contributed by atoms with E-state index < -0.39 is 0 Å². The van der Waals surface area contributed by atoms with Crippen LogP contribution in [0.1, 0.15) is 31.5 Å². The Balaban J connectivity index is 1.50. The molecule has 0 saturated heterocycles. The number of aryl methyl sites for hydroxylation is 2. The Labute approximate surface area is 122 Å². The standard InChI is InChI=1S/C13H20N6S/c14-11-6-9-18(17-11)7-4-10-20-13-16-15-12-5-2-1-3-8-19(12)13/h6,9H,1-5,7-8,10H2,(H2,14,17). The van der Waals surface area contributed by atoms with Crippen molar-refractivity contribution in [1.82, 2.24) is 24.5 Å². The Morgan fingerprint density at radius 1 is 1.25 bits per heavy atom. The molecule has 0 aliphatic carbocycles. The minimum Gasteiger partial charge on any atom is -0.382 e. The van der Waals surface area contributed by atoms with Crippen LogP contribution in [0, 0.1) is 0 Å². The van der Waals surface area contributed by atoms with Crippen molar-refractivity contribution in [2.45, 2.75) is 50.4 Å². The lowest BCUT2D eigenvalue weighted by atomic mass is 10.2. The van der Waals surface area contributed by atoms with Gasteiger partial charge < -0.3 is 10.3 Å². The molecule has 1 aliphatic heterocycles. The van der Waals surface area contributed by atoms with Gasteiger partial charge in [0.15, 0.2) is 5.16 Å². The molecule has 0 radical (unpaired) electrons. The third kappa shape index (κ3) is 3.15. The summed E-state index contributed by atoms with van der Waals surface area (Å²) in [5.74, 6) is 2.77. The molecule has 1 aliphatic rings. The van der Waals surface area contributed by atoms with E-state index in [2.05, 4.69) is 19.9 Å². The monoisotopic (exact) mass is 292 g/mol. The first-order valence-electron chi connectivity index (χ1n) is 7.17. The molecule has 0 spiro atoms. The summed E-state index contributed by atoms with van der Waals surface area (Å²) >= 11 is 1.79. The van der Waals surface area contributed by atoms with Gasteiger partial charge in [0.05, 0.1) is 0 Å². The van der Waals surface area contributed by atoms with E-state index in [0.29, 0.717) is 5.82 Å². The quantitative estimate of drug-likeness (QED) is 0.673. The van der Waals surface area contributed by atoms with Crippen LogP contribution in [0.25, 0.3) is 0 Å². The molecule has 0 aromatic carbocycles. The summed E-state index contributed by atoms with van der Waals surface area (Å²) < 4.78 is 4.18. The normalized spacial score (nSPS) is 15.0. The predicted octanol–water partition coefficient (Wildman–Crippen LogP) is 1.97. The number of fused-ring (bicyclic) bond motifs is 1. The third-order valence-corrected chi connectivity index (χ3v) is 4.55. The van der Waals surface area contributed by atoms with Gasteiger partial charge in [-0.15, -0.1) is 10.2 Å². The van der Waals surface area contributed by atoms with Crippen LogP contribution in [0.5, 0.6) is 0 Å². The molecule has 6 nitrogen and oxygen atoms in total. The smallest absolute Gasteiger partial charge is 0.191 e. The number of hydrogen-bond acceptors (Lipinski definition) is 5. The second-order valence-corrected chi connectivity index (χ2v) is 6.13. The molecule has 2 aromatic rings. The number of nitrogen functional groups attached to an aromatic ring is 1. The maximum absolute atomic E-state index is 5.59.